The second-order valence-corrected chi connectivity index (χ2v) is 7.16. The van der Waals surface area contributed by atoms with Gasteiger partial charge >= 0.3 is 0 Å². The predicted molar refractivity (Wildman–Crippen MR) is 109 cm³/mol. The largest absolute Gasteiger partial charge is 0.507 e. The highest BCUT2D eigenvalue weighted by Gasteiger charge is 2.46. The zero-order valence-corrected chi connectivity index (χ0v) is 17.1. The Hall–Kier alpha value is -3.19. The van der Waals surface area contributed by atoms with Crippen LogP contribution in [0.1, 0.15) is 31.0 Å². The number of hydrogen-bond donors (Lipinski definition) is 1. The molecule has 1 amide bonds. The third kappa shape index (κ3) is 4.21. The number of carbonyl (C=O) groups excluding carboxylic acids is 2. The molecule has 1 atom stereocenters. The van der Waals surface area contributed by atoms with Crippen LogP contribution in [0.25, 0.3) is 5.76 Å². The minimum absolute atomic E-state index is 0.0363. The van der Waals surface area contributed by atoms with Crippen molar-refractivity contribution < 1.29 is 28.6 Å². The average Bonchev–Trinajstić information content (AvgIpc) is 2.98. The number of amides is 1. The van der Waals surface area contributed by atoms with Gasteiger partial charge in [0.05, 0.1) is 31.4 Å². The number of carbonyl (C=O) groups is 2. The van der Waals surface area contributed by atoms with E-state index in [0.29, 0.717) is 11.3 Å². The van der Waals surface area contributed by atoms with Crippen molar-refractivity contribution in [1.82, 2.24) is 4.90 Å². The van der Waals surface area contributed by atoms with Crippen LogP contribution >= 0.6 is 0 Å². The highest BCUT2D eigenvalue weighted by molar-refractivity contribution is 6.46. The fourth-order valence-corrected chi connectivity index (χ4v) is 3.48. The standard InChI is InChI=1S/C23H24FNO5/c1-14(2)30-13-12-25-20(17-6-4-5-7-18(17)29-3)19(22(27)23(25)28)21(26)15-8-10-16(24)11-9-15/h4-11,14,20,26H,12-13H2,1-3H3/b21-19-. The van der Waals surface area contributed by atoms with Crippen LogP contribution in [-0.4, -0.2) is 48.1 Å². The Morgan fingerprint density at radius 3 is 2.43 bits per heavy atom. The van der Waals surface area contributed by atoms with Gasteiger partial charge in [-0.25, -0.2) is 4.39 Å². The number of rotatable bonds is 7. The number of halogens is 1. The lowest BCUT2D eigenvalue weighted by atomic mass is 9.94. The molecule has 6 nitrogen and oxygen atoms in total. The molecule has 0 aromatic heterocycles. The number of aliphatic hydroxyl groups is 1. The van der Waals surface area contributed by atoms with E-state index in [-0.39, 0.29) is 36.2 Å². The van der Waals surface area contributed by atoms with Gasteiger partial charge in [-0.3, -0.25) is 9.59 Å². The number of methoxy groups -OCH3 is 1. The zero-order chi connectivity index (χ0) is 21.8. The summed E-state index contributed by atoms with van der Waals surface area (Å²) >= 11 is 0. The number of ketones is 1. The molecule has 0 bridgehead atoms. The molecular formula is C23H24FNO5. The van der Waals surface area contributed by atoms with E-state index >= 15 is 0 Å². The van der Waals surface area contributed by atoms with Gasteiger partial charge in [0.15, 0.2) is 0 Å². The van der Waals surface area contributed by atoms with E-state index in [4.69, 9.17) is 9.47 Å². The first-order valence-electron chi connectivity index (χ1n) is 9.64. The summed E-state index contributed by atoms with van der Waals surface area (Å²) in [5, 5.41) is 10.9. The summed E-state index contributed by atoms with van der Waals surface area (Å²) < 4.78 is 24.3. The Morgan fingerprint density at radius 1 is 1.13 bits per heavy atom. The van der Waals surface area contributed by atoms with Crippen LogP contribution < -0.4 is 4.74 Å². The number of ether oxygens (including phenoxy) is 2. The summed E-state index contributed by atoms with van der Waals surface area (Å²) in [6.07, 6.45) is -0.0363. The van der Waals surface area contributed by atoms with Crippen LogP contribution in [0.5, 0.6) is 5.75 Å². The van der Waals surface area contributed by atoms with Gasteiger partial charge in [0.25, 0.3) is 11.7 Å². The summed E-state index contributed by atoms with van der Waals surface area (Å²) in [5.74, 6) is -1.90. The molecule has 0 radical (unpaired) electrons. The first-order valence-corrected chi connectivity index (χ1v) is 9.64. The van der Waals surface area contributed by atoms with E-state index in [2.05, 4.69) is 0 Å². The van der Waals surface area contributed by atoms with E-state index in [1.165, 1.54) is 36.3 Å². The zero-order valence-electron chi connectivity index (χ0n) is 17.1. The molecule has 3 rings (SSSR count). The Kier molecular flexibility index (Phi) is 6.52. The number of benzene rings is 2. The second kappa shape index (κ2) is 9.09. The van der Waals surface area contributed by atoms with Gasteiger partial charge in [-0.15, -0.1) is 0 Å². The molecule has 1 heterocycles. The molecule has 1 aliphatic rings. The molecule has 1 unspecified atom stereocenters. The van der Waals surface area contributed by atoms with Gasteiger partial charge < -0.3 is 19.5 Å². The molecule has 0 spiro atoms. The molecule has 2 aromatic carbocycles. The maximum Gasteiger partial charge on any atom is 0.295 e. The number of para-hydroxylation sites is 1. The van der Waals surface area contributed by atoms with Crippen LogP contribution in [-0.2, 0) is 14.3 Å². The molecule has 1 aliphatic heterocycles. The first-order chi connectivity index (χ1) is 14.3. The molecule has 0 saturated carbocycles. The molecule has 1 fully saturated rings. The van der Waals surface area contributed by atoms with Crippen molar-refractivity contribution in [3.63, 3.8) is 0 Å². The third-order valence-electron chi connectivity index (χ3n) is 4.87. The van der Waals surface area contributed by atoms with Gasteiger partial charge in [0.2, 0.25) is 0 Å². The van der Waals surface area contributed by atoms with Gasteiger partial charge in [0, 0.05) is 17.7 Å². The number of nitrogens with zero attached hydrogens (tertiary/aromatic N) is 1. The number of aliphatic hydroxyl groups excluding tert-OH is 1. The quantitative estimate of drug-likeness (QED) is 0.426. The summed E-state index contributed by atoms with van der Waals surface area (Å²) in [4.78, 5) is 27.1. The second-order valence-electron chi connectivity index (χ2n) is 7.16. The lowest BCUT2D eigenvalue weighted by Crippen LogP contribution is -2.33. The van der Waals surface area contributed by atoms with Gasteiger partial charge in [-0.05, 0) is 44.2 Å². The van der Waals surface area contributed by atoms with Crippen molar-refractivity contribution in [3.05, 3.63) is 71.0 Å². The number of Topliss-reactive ketones (excluding diaryl/α,β-unsaturated/α-hetero) is 1. The van der Waals surface area contributed by atoms with Crippen LogP contribution in [0.2, 0.25) is 0 Å². The molecule has 30 heavy (non-hydrogen) atoms. The molecule has 1 N–H and O–H groups in total. The molecule has 2 aromatic rings. The van der Waals surface area contributed by atoms with Crippen LogP contribution in [0, 0.1) is 5.82 Å². The van der Waals surface area contributed by atoms with Gasteiger partial charge in [-0.2, -0.15) is 0 Å². The van der Waals surface area contributed by atoms with Crippen LogP contribution in [0.4, 0.5) is 4.39 Å². The fraction of sp³-hybridized carbons (Fsp3) is 0.304. The monoisotopic (exact) mass is 413 g/mol. The summed E-state index contributed by atoms with van der Waals surface area (Å²) in [7, 11) is 1.49. The maximum atomic E-state index is 13.3. The smallest absolute Gasteiger partial charge is 0.295 e. The van der Waals surface area contributed by atoms with Crippen LogP contribution in [0.15, 0.2) is 54.1 Å². The molecule has 1 saturated heterocycles. The van der Waals surface area contributed by atoms with Crippen molar-refractivity contribution >= 4 is 17.4 Å². The number of hydrogen-bond acceptors (Lipinski definition) is 5. The van der Waals surface area contributed by atoms with Gasteiger partial charge in [-0.1, -0.05) is 18.2 Å². The lowest BCUT2D eigenvalue weighted by molar-refractivity contribution is -0.140. The highest BCUT2D eigenvalue weighted by Crippen LogP contribution is 2.42. The first kappa shape index (κ1) is 21.5. The van der Waals surface area contributed by atoms with Crippen molar-refractivity contribution in [2.45, 2.75) is 26.0 Å². The van der Waals surface area contributed by atoms with E-state index in [0.717, 1.165) is 0 Å². The molecule has 7 heteroatoms. The van der Waals surface area contributed by atoms with Crippen LogP contribution in [0.3, 0.4) is 0 Å². The lowest BCUT2D eigenvalue weighted by Gasteiger charge is -2.26. The Balaban J connectivity index is 2.13. The Morgan fingerprint density at radius 2 is 1.80 bits per heavy atom. The van der Waals surface area contributed by atoms with E-state index in [1.54, 1.807) is 24.3 Å². The number of likely N-dealkylation sites (tertiary alicyclic amines) is 1. The van der Waals surface area contributed by atoms with E-state index < -0.39 is 23.5 Å². The minimum Gasteiger partial charge on any atom is -0.507 e. The van der Waals surface area contributed by atoms with Crippen molar-refractivity contribution in [2.75, 3.05) is 20.3 Å². The molecule has 158 valence electrons. The third-order valence-corrected chi connectivity index (χ3v) is 4.87. The topological polar surface area (TPSA) is 76.1 Å². The SMILES string of the molecule is COc1ccccc1C1/C(=C(/O)c2ccc(F)cc2)C(=O)C(=O)N1CCOC(C)C. The van der Waals surface area contributed by atoms with E-state index in [9.17, 15) is 19.1 Å². The summed E-state index contributed by atoms with van der Waals surface area (Å²) in [6, 6.07) is 11.2. The summed E-state index contributed by atoms with van der Waals surface area (Å²) in [5.41, 5.74) is 0.737. The summed E-state index contributed by atoms with van der Waals surface area (Å²) in [6.45, 7) is 4.14. The Bertz CT molecular complexity index is 968. The maximum absolute atomic E-state index is 13.3. The van der Waals surface area contributed by atoms with Crippen molar-refractivity contribution in [1.29, 1.82) is 0 Å². The van der Waals surface area contributed by atoms with Gasteiger partial charge in [0.1, 0.15) is 17.3 Å². The average molecular weight is 413 g/mol. The normalized spacial score (nSPS) is 18.3. The minimum atomic E-state index is -0.859. The van der Waals surface area contributed by atoms with Crippen molar-refractivity contribution in [2.24, 2.45) is 0 Å². The Labute approximate surface area is 174 Å². The predicted octanol–water partition coefficient (Wildman–Crippen LogP) is 3.68. The molecular weight excluding hydrogens is 389 g/mol. The van der Waals surface area contributed by atoms with Crippen molar-refractivity contribution in [3.8, 4) is 5.75 Å². The fourth-order valence-electron chi connectivity index (χ4n) is 3.48. The van der Waals surface area contributed by atoms with E-state index in [1.807, 2.05) is 13.8 Å². The highest BCUT2D eigenvalue weighted by atomic mass is 19.1. The molecule has 0 aliphatic carbocycles.